The number of carbonyl (C=O) groups is 3. The molecular weight excluding hydrogens is 318 g/mol. The van der Waals surface area contributed by atoms with Crippen molar-refractivity contribution >= 4 is 35.1 Å². The SMILES string of the molecule is Cc1ccc(NC(=O)CN2C(=O)NC3(CCCC3)C2=O)cc1Cl. The lowest BCUT2D eigenvalue weighted by atomic mass is 9.98. The molecule has 4 amide bonds. The molecule has 1 aromatic carbocycles. The first-order valence-electron chi connectivity index (χ1n) is 7.61. The first-order valence-corrected chi connectivity index (χ1v) is 7.99. The minimum Gasteiger partial charge on any atom is -0.324 e. The predicted octanol–water partition coefficient (Wildman–Crippen LogP) is 2.45. The average Bonchev–Trinajstić information content (AvgIpc) is 3.05. The molecule has 1 aliphatic carbocycles. The van der Waals surface area contributed by atoms with Crippen molar-refractivity contribution in [1.82, 2.24) is 10.2 Å². The van der Waals surface area contributed by atoms with Crippen LogP contribution in [0.5, 0.6) is 0 Å². The van der Waals surface area contributed by atoms with Gasteiger partial charge in [-0.05, 0) is 37.5 Å². The Bertz CT molecular complexity index is 683. The number of urea groups is 1. The van der Waals surface area contributed by atoms with E-state index in [1.54, 1.807) is 18.2 Å². The summed E-state index contributed by atoms with van der Waals surface area (Å²) in [6, 6.07) is 4.66. The molecule has 0 bridgehead atoms. The van der Waals surface area contributed by atoms with E-state index in [1.165, 1.54) is 0 Å². The summed E-state index contributed by atoms with van der Waals surface area (Å²) in [5, 5.41) is 5.96. The van der Waals surface area contributed by atoms with Crippen molar-refractivity contribution in [3.05, 3.63) is 28.8 Å². The van der Waals surface area contributed by atoms with Gasteiger partial charge in [-0.2, -0.15) is 0 Å². The zero-order valence-corrected chi connectivity index (χ0v) is 13.6. The van der Waals surface area contributed by atoms with Gasteiger partial charge in [0, 0.05) is 10.7 Å². The number of rotatable bonds is 3. The second kappa shape index (κ2) is 5.85. The minimum atomic E-state index is -0.787. The van der Waals surface area contributed by atoms with E-state index >= 15 is 0 Å². The van der Waals surface area contributed by atoms with Crippen LogP contribution < -0.4 is 10.6 Å². The Morgan fingerprint density at radius 3 is 2.70 bits per heavy atom. The number of carbonyl (C=O) groups excluding carboxylic acids is 3. The molecule has 0 atom stereocenters. The number of benzene rings is 1. The van der Waals surface area contributed by atoms with E-state index in [4.69, 9.17) is 11.6 Å². The van der Waals surface area contributed by atoms with Gasteiger partial charge in [-0.1, -0.05) is 30.5 Å². The molecule has 2 N–H and O–H groups in total. The number of amides is 4. The number of hydrogen-bond acceptors (Lipinski definition) is 3. The first-order chi connectivity index (χ1) is 10.9. The van der Waals surface area contributed by atoms with Crippen molar-refractivity contribution in [2.75, 3.05) is 11.9 Å². The van der Waals surface area contributed by atoms with Crippen LogP contribution in [0, 0.1) is 6.92 Å². The largest absolute Gasteiger partial charge is 0.325 e. The number of nitrogens with one attached hydrogen (secondary N) is 2. The maximum Gasteiger partial charge on any atom is 0.325 e. The molecule has 0 radical (unpaired) electrons. The van der Waals surface area contributed by atoms with E-state index in [-0.39, 0.29) is 12.5 Å². The fourth-order valence-corrected chi connectivity index (χ4v) is 3.33. The van der Waals surface area contributed by atoms with Crippen LogP contribution in [0.15, 0.2) is 18.2 Å². The summed E-state index contributed by atoms with van der Waals surface area (Å²) in [5.41, 5.74) is 0.653. The fourth-order valence-electron chi connectivity index (χ4n) is 3.15. The highest BCUT2D eigenvalue weighted by Gasteiger charge is 2.52. The molecule has 1 saturated carbocycles. The van der Waals surface area contributed by atoms with Crippen LogP contribution in [-0.2, 0) is 9.59 Å². The molecule has 0 unspecified atom stereocenters. The summed E-state index contributed by atoms with van der Waals surface area (Å²) in [6.45, 7) is 1.57. The van der Waals surface area contributed by atoms with Crippen LogP contribution in [0.25, 0.3) is 0 Å². The maximum atomic E-state index is 12.5. The Labute approximate surface area is 139 Å². The standard InChI is InChI=1S/C16H18ClN3O3/c1-10-4-5-11(8-12(10)17)18-13(21)9-20-14(22)16(19-15(20)23)6-2-3-7-16/h4-5,8H,2-3,6-7,9H2,1H3,(H,18,21)(H,19,23). The molecule has 1 saturated heterocycles. The van der Waals surface area contributed by atoms with E-state index in [9.17, 15) is 14.4 Å². The van der Waals surface area contributed by atoms with Crippen LogP contribution in [0.4, 0.5) is 10.5 Å². The third-order valence-corrected chi connectivity index (χ3v) is 4.87. The monoisotopic (exact) mass is 335 g/mol. The second-order valence-electron chi connectivity index (χ2n) is 6.12. The fraction of sp³-hybridized carbons (Fsp3) is 0.438. The smallest absolute Gasteiger partial charge is 0.324 e. The van der Waals surface area contributed by atoms with Crippen LogP contribution in [0.3, 0.4) is 0 Å². The van der Waals surface area contributed by atoms with E-state index in [0.29, 0.717) is 23.6 Å². The van der Waals surface area contributed by atoms with Crippen LogP contribution >= 0.6 is 11.6 Å². The number of anilines is 1. The van der Waals surface area contributed by atoms with Gasteiger partial charge in [0.1, 0.15) is 12.1 Å². The predicted molar refractivity (Wildman–Crippen MR) is 86.3 cm³/mol. The van der Waals surface area contributed by atoms with Gasteiger partial charge < -0.3 is 10.6 Å². The summed E-state index contributed by atoms with van der Waals surface area (Å²) >= 11 is 6.02. The first kappa shape index (κ1) is 15.8. The third kappa shape index (κ3) is 2.91. The van der Waals surface area contributed by atoms with Crippen LogP contribution in [-0.4, -0.2) is 34.8 Å². The van der Waals surface area contributed by atoms with E-state index < -0.39 is 17.5 Å². The van der Waals surface area contributed by atoms with Gasteiger partial charge in [-0.3, -0.25) is 14.5 Å². The van der Waals surface area contributed by atoms with Gasteiger partial charge in [0.2, 0.25) is 5.91 Å². The number of halogens is 1. The number of aryl methyl sites for hydroxylation is 1. The van der Waals surface area contributed by atoms with Gasteiger partial charge in [-0.15, -0.1) is 0 Å². The van der Waals surface area contributed by atoms with E-state index in [2.05, 4.69) is 10.6 Å². The van der Waals surface area contributed by atoms with E-state index in [0.717, 1.165) is 23.3 Å². The summed E-state index contributed by atoms with van der Waals surface area (Å²) in [5.74, 6) is -0.722. The summed E-state index contributed by atoms with van der Waals surface area (Å²) in [4.78, 5) is 37.6. The highest BCUT2D eigenvalue weighted by atomic mass is 35.5. The van der Waals surface area contributed by atoms with Crippen molar-refractivity contribution in [3.63, 3.8) is 0 Å². The highest BCUT2D eigenvalue weighted by molar-refractivity contribution is 6.31. The molecule has 2 aliphatic rings. The molecule has 23 heavy (non-hydrogen) atoms. The topological polar surface area (TPSA) is 78.5 Å². The molecule has 122 valence electrons. The zero-order valence-electron chi connectivity index (χ0n) is 12.8. The Kier molecular flexibility index (Phi) is 4.02. The van der Waals surface area contributed by atoms with Gasteiger partial charge in [0.15, 0.2) is 0 Å². The van der Waals surface area contributed by atoms with Crippen LogP contribution in [0.2, 0.25) is 5.02 Å². The van der Waals surface area contributed by atoms with Gasteiger partial charge in [0.25, 0.3) is 5.91 Å². The normalized spacial score (nSPS) is 19.3. The summed E-state index contributed by atoms with van der Waals surface area (Å²) < 4.78 is 0. The number of nitrogens with zero attached hydrogens (tertiary/aromatic N) is 1. The molecule has 2 fully saturated rings. The van der Waals surface area contributed by atoms with Crippen molar-refractivity contribution in [3.8, 4) is 0 Å². The van der Waals surface area contributed by atoms with Gasteiger partial charge in [0.05, 0.1) is 0 Å². The third-order valence-electron chi connectivity index (χ3n) is 4.46. The zero-order chi connectivity index (χ0) is 16.6. The van der Waals surface area contributed by atoms with Crippen molar-refractivity contribution < 1.29 is 14.4 Å². The second-order valence-corrected chi connectivity index (χ2v) is 6.53. The maximum absolute atomic E-state index is 12.5. The van der Waals surface area contributed by atoms with Crippen LogP contribution in [0.1, 0.15) is 31.2 Å². The van der Waals surface area contributed by atoms with Crippen molar-refractivity contribution in [2.45, 2.75) is 38.1 Å². The lowest BCUT2D eigenvalue weighted by molar-refractivity contribution is -0.133. The highest BCUT2D eigenvalue weighted by Crippen LogP contribution is 2.34. The molecule has 6 nitrogen and oxygen atoms in total. The molecule has 1 heterocycles. The van der Waals surface area contributed by atoms with Gasteiger partial charge in [-0.25, -0.2) is 4.79 Å². The van der Waals surface area contributed by atoms with Crippen molar-refractivity contribution in [1.29, 1.82) is 0 Å². The Hall–Kier alpha value is -2.08. The molecule has 1 aliphatic heterocycles. The quantitative estimate of drug-likeness (QED) is 0.833. The molecular formula is C16H18ClN3O3. The number of hydrogen-bond donors (Lipinski definition) is 2. The lowest BCUT2D eigenvalue weighted by Gasteiger charge is -2.19. The van der Waals surface area contributed by atoms with Crippen molar-refractivity contribution in [2.24, 2.45) is 0 Å². The summed E-state index contributed by atoms with van der Waals surface area (Å²) in [6.07, 6.45) is 3.11. The molecule has 0 aromatic heterocycles. The Balaban J connectivity index is 1.66. The van der Waals surface area contributed by atoms with Gasteiger partial charge >= 0.3 is 6.03 Å². The van der Waals surface area contributed by atoms with E-state index in [1.807, 2.05) is 6.92 Å². The molecule has 1 spiro atoms. The Morgan fingerprint density at radius 1 is 1.35 bits per heavy atom. The average molecular weight is 336 g/mol. The minimum absolute atomic E-state index is 0.294. The molecule has 7 heteroatoms. The Morgan fingerprint density at radius 2 is 2.04 bits per heavy atom. The molecule has 1 aromatic rings. The molecule has 3 rings (SSSR count). The number of imide groups is 1. The lowest BCUT2D eigenvalue weighted by Crippen LogP contribution is -2.44. The summed E-state index contributed by atoms with van der Waals surface area (Å²) in [7, 11) is 0.